The van der Waals surface area contributed by atoms with Gasteiger partial charge in [0.05, 0.1) is 0 Å². The Balaban J connectivity index is 3.29. The van der Waals surface area contributed by atoms with E-state index in [-0.39, 0.29) is 15.8 Å². The first-order chi connectivity index (χ1) is 8.66. The fourth-order valence-electron chi connectivity index (χ4n) is 1.15. The number of halogens is 3. The monoisotopic (exact) mass is 414 g/mol. The van der Waals surface area contributed by atoms with Gasteiger partial charge in [0.2, 0.25) is 0 Å². The molecule has 0 spiro atoms. The summed E-state index contributed by atoms with van der Waals surface area (Å²) >= 11 is 14.9. The standard InChI is InChI=1S/C8H10BrCl2O6PS/c1-15-18(16-2,19(12,13)14)17-8-4-6(10)5(9)3-7(8)11/h3-4,18H,1-2H3,(H,12,13,14). The van der Waals surface area contributed by atoms with E-state index in [4.69, 9.17) is 36.8 Å². The van der Waals surface area contributed by atoms with E-state index in [2.05, 4.69) is 15.9 Å². The summed E-state index contributed by atoms with van der Waals surface area (Å²) in [6.45, 7) is 0. The first kappa shape index (κ1) is 17.4. The Kier molecular flexibility index (Phi) is 5.86. The zero-order chi connectivity index (χ0) is 14.8. The quantitative estimate of drug-likeness (QED) is 0.448. The van der Waals surface area contributed by atoms with Crippen molar-refractivity contribution in [1.82, 2.24) is 0 Å². The molecule has 6 nitrogen and oxygen atoms in total. The van der Waals surface area contributed by atoms with Gasteiger partial charge in [0.1, 0.15) is 0 Å². The number of hydrogen-bond acceptors (Lipinski definition) is 5. The maximum atomic E-state index is 11.3. The molecule has 19 heavy (non-hydrogen) atoms. The van der Waals surface area contributed by atoms with Crippen molar-refractivity contribution in [3.05, 3.63) is 26.7 Å². The van der Waals surface area contributed by atoms with Crippen LogP contribution in [0.3, 0.4) is 0 Å². The van der Waals surface area contributed by atoms with Crippen molar-refractivity contribution < 1.29 is 26.5 Å². The molecule has 0 radical (unpaired) electrons. The van der Waals surface area contributed by atoms with Gasteiger partial charge in [-0.15, -0.1) is 0 Å². The Bertz CT molecular complexity index is 577. The van der Waals surface area contributed by atoms with Gasteiger partial charge in [-0.1, -0.05) is 0 Å². The molecule has 0 aliphatic heterocycles. The normalized spacial score (nSPS) is 13.4. The van der Waals surface area contributed by atoms with Gasteiger partial charge < -0.3 is 0 Å². The molecule has 0 aliphatic carbocycles. The Labute approximate surface area is 129 Å². The van der Waals surface area contributed by atoms with E-state index in [0.717, 1.165) is 14.2 Å². The molecule has 0 amide bonds. The molecule has 0 aliphatic rings. The second-order valence-corrected chi connectivity index (χ2v) is 10.9. The van der Waals surface area contributed by atoms with E-state index in [1.807, 2.05) is 0 Å². The summed E-state index contributed by atoms with van der Waals surface area (Å²) in [5.74, 6) is -0.0807. The molecule has 1 aromatic rings. The van der Waals surface area contributed by atoms with Crippen LogP contribution in [-0.4, -0.2) is 27.2 Å². The zero-order valence-electron chi connectivity index (χ0n) is 9.69. The van der Waals surface area contributed by atoms with Crippen LogP contribution >= 0.6 is 46.3 Å². The van der Waals surface area contributed by atoms with Crippen molar-refractivity contribution in [2.45, 2.75) is 0 Å². The average molecular weight is 416 g/mol. The van der Waals surface area contributed by atoms with Crippen molar-refractivity contribution >= 4 is 56.0 Å². The number of hydrogen-bond donors (Lipinski definition) is 1. The molecular formula is C8H10BrCl2O6PS. The van der Waals surface area contributed by atoms with Gasteiger partial charge >= 0.3 is 129 Å². The fraction of sp³-hybridized carbons (Fsp3) is 0.250. The molecule has 1 N–H and O–H groups in total. The average Bonchev–Trinajstić information content (AvgIpc) is 2.30. The molecule has 0 unspecified atom stereocenters. The summed E-state index contributed by atoms with van der Waals surface area (Å²) in [5.41, 5.74) is 0. The molecule has 110 valence electrons. The van der Waals surface area contributed by atoms with Gasteiger partial charge in [-0.3, -0.25) is 0 Å². The fourth-order valence-corrected chi connectivity index (χ4v) is 5.19. The van der Waals surface area contributed by atoms with E-state index in [1.54, 1.807) is 0 Å². The Morgan fingerprint density at radius 2 is 1.74 bits per heavy atom. The summed E-state index contributed by atoms with van der Waals surface area (Å²) in [4.78, 5) is 0. The minimum absolute atomic E-state index is 0.0749. The van der Waals surface area contributed by atoms with Crippen LogP contribution in [0.1, 0.15) is 0 Å². The summed E-state index contributed by atoms with van der Waals surface area (Å²) in [6.07, 6.45) is 0. The van der Waals surface area contributed by atoms with Crippen LogP contribution in [-0.2, 0) is 18.8 Å². The predicted octanol–water partition coefficient (Wildman–Crippen LogP) is 3.73. The van der Waals surface area contributed by atoms with E-state index in [0.29, 0.717) is 4.47 Å². The van der Waals surface area contributed by atoms with Gasteiger partial charge in [0, 0.05) is 0 Å². The Morgan fingerprint density at radius 3 is 2.16 bits per heavy atom. The van der Waals surface area contributed by atoms with Gasteiger partial charge in [-0.2, -0.15) is 0 Å². The van der Waals surface area contributed by atoms with Crippen molar-refractivity contribution in [1.29, 1.82) is 0 Å². The first-order valence-electron chi connectivity index (χ1n) is 4.57. The molecule has 0 bridgehead atoms. The predicted molar refractivity (Wildman–Crippen MR) is 78.7 cm³/mol. The van der Waals surface area contributed by atoms with Crippen LogP contribution in [0, 0.1) is 0 Å². The summed E-state index contributed by atoms with van der Waals surface area (Å²) in [7, 11) is -7.01. The van der Waals surface area contributed by atoms with Crippen LogP contribution in [0.15, 0.2) is 16.6 Å². The molecule has 1 rings (SSSR count). The van der Waals surface area contributed by atoms with Gasteiger partial charge in [0.25, 0.3) is 0 Å². The number of rotatable bonds is 5. The van der Waals surface area contributed by atoms with Crippen molar-refractivity contribution in [3.63, 3.8) is 0 Å². The topological polar surface area (TPSA) is 82.1 Å². The van der Waals surface area contributed by atoms with E-state index in [1.165, 1.54) is 12.1 Å². The van der Waals surface area contributed by atoms with E-state index < -0.39 is 16.9 Å². The van der Waals surface area contributed by atoms with Crippen LogP contribution < -0.4 is 4.52 Å². The summed E-state index contributed by atoms with van der Waals surface area (Å²) in [5, 5.41) is 0.316. The van der Waals surface area contributed by atoms with E-state index >= 15 is 0 Å². The van der Waals surface area contributed by atoms with E-state index in [9.17, 15) is 13.0 Å². The van der Waals surface area contributed by atoms with Gasteiger partial charge in [0.15, 0.2) is 0 Å². The summed E-state index contributed by atoms with van der Waals surface area (Å²) < 4.78 is 47.0. The first-order valence-corrected chi connectivity index (χ1v) is 10.0. The van der Waals surface area contributed by atoms with Crippen LogP contribution in [0.5, 0.6) is 5.75 Å². The van der Waals surface area contributed by atoms with Gasteiger partial charge in [-0.05, 0) is 0 Å². The molecule has 0 heterocycles. The Hall–Kier alpha value is 0.340. The van der Waals surface area contributed by atoms with Crippen molar-refractivity contribution in [3.8, 4) is 5.75 Å². The van der Waals surface area contributed by atoms with Crippen LogP contribution in [0.2, 0.25) is 10.0 Å². The maximum absolute atomic E-state index is 11.3. The second kappa shape index (κ2) is 6.41. The molecule has 11 heteroatoms. The zero-order valence-corrected chi connectivity index (χ0v) is 14.6. The van der Waals surface area contributed by atoms with Crippen molar-refractivity contribution in [2.75, 3.05) is 14.2 Å². The number of benzene rings is 1. The molecule has 0 saturated carbocycles. The third-order valence-corrected chi connectivity index (χ3v) is 8.77. The molecule has 0 atom stereocenters. The van der Waals surface area contributed by atoms with Crippen LogP contribution in [0.4, 0.5) is 0 Å². The summed E-state index contributed by atoms with van der Waals surface area (Å²) in [6, 6.07) is 2.69. The van der Waals surface area contributed by atoms with Crippen molar-refractivity contribution in [2.24, 2.45) is 0 Å². The third-order valence-electron chi connectivity index (χ3n) is 2.03. The second-order valence-electron chi connectivity index (χ2n) is 3.18. The molecule has 1 aromatic carbocycles. The SMILES string of the molecule is CO[PH](OC)(Oc1cc(Cl)c(Br)cc1Cl)S(=O)(=O)O. The molecule has 0 saturated heterocycles. The van der Waals surface area contributed by atoms with Gasteiger partial charge in [-0.25, -0.2) is 0 Å². The minimum atomic E-state index is -4.71. The molecular weight excluding hydrogens is 406 g/mol. The van der Waals surface area contributed by atoms with Crippen LogP contribution in [0.25, 0.3) is 0 Å². The molecule has 0 fully saturated rings. The molecule has 0 aromatic heterocycles. The Morgan fingerprint density at radius 1 is 1.21 bits per heavy atom. The third kappa shape index (κ3) is 3.71.